The Morgan fingerprint density at radius 2 is 1.65 bits per heavy atom. The molecule has 84 valence electrons. The summed E-state index contributed by atoms with van der Waals surface area (Å²) in [7, 11) is 0. The third-order valence-corrected chi connectivity index (χ3v) is 3.31. The normalized spacial score (nSPS) is 11.2. The molecule has 0 aromatic heterocycles. The molecule has 0 aliphatic heterocycles. The van der Waals surface area contributed by atoms with Gasteiger partial charge in [0.05, 0.1) is 6.61 Å². The minimum atomic E-state index is 0.0990. The van der Waals surface area contributed by atoms with E-state index in [-0.39, 0.29) is 6.61 Å². The summed E-state index contributed by atoms with van der Waals surface area (Å²) in [5.41, 5.74) is 2.25. The van der Waals surface area contributed by atoms with E-state index < -0.39 is 0 Å². The molecule has 0 bridgehead atoms. The van der Waals surface area contributed by atoms with E-state index in [1.165, 1.54) is 27.1 Å². The number of hydrogen-bond acceptors (Lipinski definition) is 1. The van der Waals surface area contributed by atoms with Crippen molar-refractivity contribution >= 4 is 21.5 Å². The van der Waals surface area contributed by atoms with E-state index in [2.05, 4.69) is 49.4 Å². The largest absolute Gasteiger partial charge is 0.392 e. The highest BCUT2D eigenvalue weighted by Crippen LogP contribution is 2.28. The summed E-state index contributed by atoms with van der Waals surface area (Å²) in [6.45, 7) is 2.23. The van der Waals surface area contributed by atoms with E-state index >= 15 is 0 Å². The Labute approximate surface area is 100 Å². The second kappa shape index (κ2) is 3.86. The van der Waals surface area contributed by atoms with Crippen LogP contribution in [0.2, 0.25) is 0 Å². The average molecular weight is 222 g/mol. The smallest absolute Gasteiger partial charge is 0.0682 e. The van der Waals surface area contributed by atoms with Gasteiger partial charge in [0.1, 0.15) is 0 Å². The fourth-order valence-corrected chi connectivity index (χ4v) is 2.45. The Hall–Kier alpha value is -1.86. The number of benzene rings is 3. The molecule has 3 aromatic rings. The van der Waals surface area contributed by atoms with Crippen LogP contribution in [0.1, 0.15) is 11.1 Å². The van der Waals surface area contributed by atoms with E-state index in [1.807, 2.05) is 6.07 Å². The van der Waals surface area contributed by atoms with Crippen LogP contribution in [0, 0.1) is 6.92 Å². The van der Waals surface area contributed by atoms with Gasteiger partial charge in [-0.2, -0.15) is 0 Å². The quantitative estimate of drug-likeness (QED) is 0.621. The fourth-order valence-electron chi connectivity index (χ4n) is 2.45. The van der Waals surface area contributed by atoms with Crippen molar-refractivity contribution in [3.63, 3.8) is 0 Å². The zero-order chi connectivity index (χ0) is 11.8. The highest BCUT2D eigenvalue weighted by atomic mass is 16.3. The first-order chi connectivity index (χ1) is 8.29. The topological polar surface area (TPSA) is 20.2 Å². The van der Waals surface area contributed by atoms with Crippen LogP contribution in [-0.4, -0.2) is 5.11 Å². The lowest BCUT2D eigenvalue weighted by molar-refractivity contribution is 0.282. The van der Waals surface area contributed by atoms with Gasteiger partial charge in [-0.3, -0.25) is 0 Å². The second-order valence-corrected chi connectivity index (χ2v) is 4.45. The summed E-state index contributed by atoms with van der Waals surface area (Å²) in [5.74, 6) is 0. The molecule has 0 radical (unpaired) electrons. The van der Waals surface area contributed by atoms with Gasteiger partial charge in [-0.25, -0.2) is 0 Å². The van der Waals surface area contributed by atoms with E-state index in [0.717, 1.165) is 5.56 Å². The van der Waals surface area contributed by atoms with Gasteiger partial charge in [0.15, 0.2) is 0 Å². The molecule has 0 atom stereocenters. The summed E-state index contributed by atoms with van der Waals surface area (Å²) in [4.78, 5) is 0. The minimum absolute atomic E-state index is 0.0990. The van der Waals surface area contributed by atoms with E-state index in [4.69, 9.17) is 0 Å². The highest BCUT2D eigenvalue weighted by Gasteiger charge is 2.03. The Bertz CT molecular complexity index is 698. The summed E-state index contributed by atoms with van der Waals surface area (Å²) < 4.78 is 0. The van der Waals surface area contributed by atoms with Gasteiger partial charge in [0.25, 0.3) is 0 Å². The first-order valence-electron chi connectivity index (χ1n) is 5.81. The first-order valence-corrected chi connectivity index (χ1v) is 5.81. The SMILES string of the molecule is Cc1cc2cc(CO)ccc2c2ccccc12. The number of hydrogen-bond donors (Lipinski definition) is 1. The van der Waals surface area contributed by atoms with Crippen LogP contribution in [0.5, 0.6) is 0 Å². The number of rotatable bonds is 1. The van der Waals surface area contributed by atoms with Crippen LogP contribution in [-0.2, 0) is 6.61 Å². The van der Waals surface area contributed by atoms with Crippen LogP contribution < -0.4 is 0 Å². The van der Waals surface area contributed by atoms with Crippen LogP contribution in [0.15, 0.2) is 48.5 Å². The van der Waals surface area contributed by atoms with E-state index in [1.54, 1.807) is 0 Å². The molecule has 3 rings (SSSR count). The predicted molar refractivity (Wildman–Crippen MR) is 72.1 cm³/mol. The van der Waals surface area contributed by atoms with Gasteiger partial charge in [-0.15, -0.1) is 0 Å². The third kappa shape index (κ3) is 1.60. The van der Waals surface area contributed by atoms with Crippen molar-refractivity contribution in [2.45, 2.75) is 13.5 Å². The first kappa shape index (κ1) is 10.3. The van der Waals surface area contributed by atoms with E-state index in [9.17, 15) is 5.11 Å². The molecule has 1 nitrogen and oxygen atoms in total. The van der Waals surface area contributed by atoms with E-state index in [0.29, 0.717) is 0 Å². The van der Waals surface area contributed by atoms with Crippen LogP contribution >= 0.6 is 0 Å². The van der Waals surface area contributed by atoms with Gasteiger partial charge in [0, 0.05) is 0 Å². The summed E-state index contributed by atoms with van der Waals surface area (Å²) in [6, 6.07) is 16.8. The lowest BCUT2D eigenvalue weighted by Crippen LogP contribution is -1.86. The lowest BCUT2D eigenvalue weighted by Gasteiger charge is -2.08. The van der Waals surface area contributed by atoms with Crippen molar-refractivity contribution in [3.8, 4) is 0 Å². The van der Waals surface area contributed by atoms with Crippen molar-refractivity contribution in [1.29, 1.82) is 0 Å². The van der Waals surface area contributed by atoms with Crippen molar-refractivity contribution in [2.24, 2.45) is 0 Å². The molecule has 0 aliphatic carbocycles. The van der Waals surface area contributed by atoms with Gasteiger partial charge in [0.2, 0.25) is 0 Å². The Kier molecular flexibility index (Phi) is 2.34. The third-order valence-electron chi connectivity index (χ3n) is 3.31. The van der Waals surface area contributed by atoms with Crippen molar-refractivity contribution in [2.75, 3.05) is 0 Å². The molecule has 0 saturated carbocycles. The molecule has 3 aromatic carbocycles. The zero-order valence-corrected chi connectivity index (χ0v) is 9.77. The van der Waals surface area contributed by atoms with Crippen molar-refractivity contribution in [1.82, 2.24) is 0 Å². The molecule has 0 aliphatic rings. The molecule has 0 amide bonds. The fraction of sp³-hybridized carbons (Fsp3) is 0.125. The molecule has 0 spiro atoms. The maximum atomic E-state index is 9.18. The molecular formula is C16H14O. The van der Waals surface area contributed by atoms with Gasteiger partial charge < -0.3 is 5.11 Å². The maximum Gasteiger partial charge on any atom is 0.0682 e. The Morgan fingerprint density at radius 1 is 0.882 bits per heavy atom. The lowest BCUT2D eigenvalue weighted by atomic mass is 9.97. The van der Waals surface area contributed by atoms with Crippen molar-refractivity contribution in [3.05, 3.63) is 59.7 Å². The molecule has 0 heterocycles. The van der Waals surface area contributed by atoms with Crippen LogP contribution in [0.3, 0.4) is 0 Å². The summed E-state index contributed by atoms with van der Waals surface area (Å²) in [6.07, 6.45) is 0. The number of fused-ring (bicyclic) bond motifs is 3. The van der Waals surface area contributed by atoms with Crippen molar-refractivity contribution < 1.29 is 5.11 Å². The summed E-state index contributed by atoms with van der Waals surface area (Å²) >= 11 is 0. The molecule has 0 unspecified atom stereocenters. The monoisotopic (exact) mass is 222 g/mol. The molecule has 1 heteroatoms. The van der Waals surface area contributed by atoms with Gasteiger partial charge in [-0.05, 0) is 45.7 Å². The zero-order valence-electron chi connectivity index (χ0n) is 9.77. The van der Waals surface area contributed by atoms with Gasteiger partial charge >= 0.3 is 0 Å². The Balaban J connectivity index is 2.48. The number of aliphatic hydroxyl groups excluding tert-OH is 1. The molecule has 0 fully saturated rings. The summed E-state index contributed by atoms with van der Waals surface area (Å²) in [5, 5.41) is 14.2. The second-order valence-electron chi connectivity index (χ2n) is 4.45. The maximum absolute atomic E-state index is 9.18. The Morgan fingerprint density at radius 3 is 2.41 bits per heavy atom. The molecular weight excluding hydrogens is 208 g/mol. The number of aryl methyl sites for hydroxylation is 1. The van der Waals surface area contributed by atoms with Crippen LogP contribution in [0.4, 0.5) is 0 Å². The minimum Gasteiger partial charge on any atom is -0.392 e. The molecule has 17 heavy (non-hydrogen) atoms. The highest BCUT2D eigenvalue weighted by molar-refractivity contribution is 6.08. The standard InChI is InChI=1S/C16H14O/c1-11-8-13-9-12(10-17)6-7-15(13)16-5-3-2-4-14(11)16/h2-9,17H,10H2,1H3. The predicted octanol–water partition coefficient (Wildman–Crippen LogP) is 3.79. The van der Waals surface area contributed by atoms with Gasteiger partial charge in [-0.1, -0.05) is 42.5 Å². The van der Waals surface area contributed by atoms with Crippen LogP contribution in [0.25, 0.3) is 21.5 Å². The molecule has 1 N–H and O–H groups in total. The molecule has 0 saturated heterocycles. The number of aliphatic hydroxyl groups is 1. The average Bonchev–Trinajstić information content (AvgIpc) is 2.38.